The SMILES string of the molecule is Cc1cc(C(=O)CN2C(=O)NC(C)(c3ccc(Cl)cc3)C2=O)c(C)n1-c1c(C)n(C)n(-c2ccccc2)c1=O. The summed E-state index contributed by atoms with van der Waals surface area (Å²) < 4.78 is 5.11. The van der Waals surface area contributed by atoms with Crippen molar-refractivity contribution in [3.63, 3.8) is 0 Å². The quantitative estimate of drug-likeness (QED) is 0.290. The molecule has 1 aliphatic heterocycles. The van der Waals surface area contributed by atoms with Crippen LogP contribution in [-0.4, -0.2) is 43.1 Å². The van der Waals surface area contributed by atoms with Crippen LogP contribution in [-0.2, 0) is 17.4 Å². The van der Waals surface area contributed by atoms with Crippen LogP contribution >= 0.6 is 11.6 Å². The summed E-state index contributed by atoms with van der Waals surface area (Å²) in [6, 6.07) is 17.0. The lowest BCUT2D eigenvalue weighted by Gasteiger charge is -2.22. The van der Waals surface area contributed by atoms with Crippen LogP contribution in [0.4, 0.5) is 4.79 Å². The second-order valence-corrected chi connectivity index (χ2v) is 10.3. The zero-order valence-electron chi connectivity index (χ0n) is 22.3. The molecular weight excluding hydrogens is 518 g/mol. The average molecular weight is 546 g/mol. The molecule has 1 saturated heterocycles. The standard InChI is InChI=1S/C29H28ClN5O4/c1-17-15-23(18(2)34(17)25-19(3)32(5)35(26(25)37)22-9-7-6-8-10-22)24(36)16-33-27(38)29(4,31-28(33)39)20-11-13-21(30)14-12-20/h6-15H,16H2,1-5H3,(H,31,39). The minimum atomic E-state index is -1.32. The Morgan fingerprint density at radius 2 is 1.59 bits per heavy atom. The van der Waals surface area contributed by atoms with Crippen LogP contribution in [0.15, 0.2) is 65.5 Å². The smallest absolute Gasteiger partial charge is 0.319 e. The number of ketones is 1. The molecule has 1 aliphatic rings. The average Bonchev–Trinajstić information content (AvgIpc) is 3.41. The first-order chi connectivity index (χ1) is 18.5. The van der Waals surface area contributed by atoms with E-state index in [2.05, 4.69) is 5.32 Å². The van der Waals surface area contributed by atoms with Crippen LogP contribution in [0.1, 0.15) is 39.9 Å². The van der Waals surface area contributed by atoms with Gasteiger partial charge in [-0.15, -0.1) is 0 Å². The van der Waals surface area contributed by atoms with Gasteiger partial charge in [-0.25, -0.2) is 9.48 Å². The van der Waals surface area contributed by atoms with Gasteiger partial charge in [0.15, 0.2) is 5.78 Å². The summed E-state index contributed by atoms with van der Waals surface area (Å²) in [6.45, 7) is 6.58. The number of benzene rings is 2. The molecular formula is C29H28ClN5O4. The topological polar surface area (TPSA) is 98.3 Å². The van der Waals surface area contributed by atoms with E-state index in [4.69, 9.17) is 11.6 Å². The van der Waals surface area contributed by atoms with Gasteiger partial charge >= 0.3 is 6.03 Å². The van der Waals surface area contributed by atoms with E-state index < -0.39 is 29.8 Å². The third-order valence-corrected chi connectivity index (χ3v) is 7.73. The van der Waals surface area contributed by atoms with E-state index in [9.17, 15) is 19.2 Å². The molecule has 1 N–H and O–H groups in total. The van der Waals surface area contributed by atoms with E-state index in [0.717, 1.165) is 16.3 Å². The number of carbonyl (C=O) groups is 3. The Morgan fingerprint density at radius 3 is 2.23 bits per heavy atom. The first-order valence-electron chi connectivity index (χ1n) is 12.4. The van der Waals surface area contributed by atoms with Gasteiger partial charge in [0.05, 0.1) is 17.9 Å². The molecule has 2 aromatic carbocycles. The first kappa shape index (κ1) is 26.2. The number of halogens is 1. The van der Waals surface area contributed by atoms with Gasteiger partial charge in [-0.2, -0.15) is 0 Å². The van der Waals surface area contributed by atoms with Crippen LogP contribution < -0.4 is 10.9 Å². The molecule has 3 amide bonds. The van der Waals surface area contributed by atoms with Crippen LogP contribution in [0.2, 0.25) is 5.02 Å². The summed E-state index contributed by atoms with van der Waals surface area (Å²) >= 11 is 5.98. The highest BCUT2D eigenvalue weighted by Crippen LogP contribution is 2.30. The van der Waals surface area contributed by atoms with Gasteiger partial charge in [-0.3, -0.25) is 24.0 Å². The van der Waals surface area contributed by atoms with Crippen molar-refractivity contribution in [2.45, 2.75) is 33.2 Å². The van der Waals surface area contributed by atoms with Gasteiger partial charge in [0.25, 0.3) is 11.5 Å². The number of aryl methyl sites for hydroxylation is 1. The highest BCUT2D eigenvalue weighted by atomic mass is 35.5. The van der Waals surface area contributed by atoms with E-state index >= 15 is 0 Å². The normalized spacial score (nSPS) is 17.1. The summed E-state index contributed by atoms with van der Waals surface area (Å²) in [5, 5.41) is 3.21. The van der Waals surface area contributed by atoms with Crippen molar-refractivity contribution in [3.05, 3.63) is 104 Å². The van der Waals surface area contributed by atoms with Crippen LogP contribution in [0.5, 0.6) is 0 Å². The van der Waals surface area contributed by atoms with E-state index in [1.807, 2.05) is 51.2 Å². The summed E-state index contributed by atoms with van der Waals surface area (Å²) in [5.41, 5.74) is 2.46. The molecule has 0 bridgehead atoms. The predicted octanol–water partition coefficient (Wildman–Crippen LogP) is 4.20. The Morgan fingerprint density at radius 1 is 0.949 bits per heavy atom. The minimum Gasteiger partial charge on any atom is -0.319 e. The number of hydrogen-bond donors (Lipinski definition) is 1. The highest BCUT2D eigenvalue weighted by Gasteiger charge is 2.49. The van der Waals surface area contributed by atoms with E-state index in [1.54, 1.807) is 58.1 Å². The number of amides is 3. The summed E-state index contributed by atoms with van der Waals surface area (Å²) in [7, 11) is 1.81. The maximum absolute atomic E-state index is 13.6. The lowest BCUT2D eigenvalue weighted by molar-refractivity contribution is -0.130. The van der Waals surface area contributed by atoms with Crippen LogP contribution in [0.25, 0.3) is 11.4 Å². The number of para-hydroxylation sites is 1. The third kappa shape index (κ3) is 4.10. The van der Waals surface area contributed by atoms with Crippen LogP contribution in [0, 0.1) is 20.8 Å². The Balaban J connectivity index is 1.48. The van der Waals surface area contributed by atoms with Crippen molar-refractivity contribution < 1.29 is 14.4 Å². The molecule has 0 spiro atoms. The number of urea groups is 1. The lowest BCUT2D eigenvalue weighted by atomic mass is 9.92. The molecule has 39 heavy (non-hydrogen) atoms. The molecule has 200 valence electrons. The van der Waals surface area contributed by atoms with E-state index in [-0.39, 0.29) is 5.56 Å². The number of nitrogens with zero attached hydrogens (tertiary/aromatic N) is 4. The van der Waals surface area contributed by atoms with Crippen molar-refractivity contribution in [2.24, 2.45) is 7.05 Å². The van der Waals surface area contributed by atoms with Gasteiger partial charge in [0.2, 0.25) is 0 Å². The molecule has 10 heteroatoms. The van der Waals surface area contributed by atoms with Crippen LogP contribution in [0.3, 0.4) is 0 Å². The summed E-state index contributed by atoms with van der Waals surface area (Å²) in [5.74, 6) is -0.934. The Kier molecular flexibility index (Phi) is 6.34. The van der Waals surface area contributed by atoms with Crippen molar-refractivity contribution in [3.8, 4) is 11.4 Å². The molecule has 3 heterocycles. The third-order valence-electron chi connectivity index (χ3n) is 7.48. The lowest BCUT2D eigenvalue weighted by Crippen LogP contribution is -2.41. The van der Waals surface area contributed by atoms with Gasteiger partial charge in [-0.05, 0) is 63.6 Å². The summed E-state index contributed by atoms with van der Waals surface area (Å²) in [6.07, 6.45) is 0. The van der Waals surface area contributed by atoms with Crippen molar-refractivity contribution in [2.75, 3.05) is 6.54 Å². The molecule has 1 unspecified atom stereocenters. The second kappa shape index (κ2) is 9.43. The van der Waals surface area contributed by atoms with Gasteiger partial charge < -0.3 is 9.88 Å². The van der Waals surface area contributed by atoms with Gasteiger partial charge in [-0.1, -0.05) is 41.9 Å². The Labute approximate surface area is 230 Å². The summed E-state index contributed by atoms with van der Waals surface area (Å²) in [4.78, 5) is 54.2. The maximum Gasteiger partial charge on any atom is 0.325 e. The number of aromatic nitrogens is 3. The molecule has 9 nitrogen and oxygen atoms in total. The first-order valence-corrected chi connectivity index (χ1v) is 12.8. The van der Waals surface area contributed by atoms with E-state index in [0.29, 0.717) is 33.2 Å². The zero-order valence-corrected chi connectivity index (χ0v) is 23.0. The fourth-order valence-electron chi connectivity index (χ4n) is 5.25. The molecule has 2 aromatic heterocycles. The van der Waals surface area contributed by atoms with Crippen molar-refractivity contribution >= 4 is 29.3 Å². The van der Waals surface area contributed by atoms with Gasteiger partial charge in [0, 0.05) is 29.0 Å². The number of rotatable bonds is 6. The second-order valence-electron chi connectivity index (χ2n) is 9.91. The fourth-order valence-corrected chi connectivity index (χ4v) is 5.38. The van der Waals surface area contributed by atoms with Gasteiger partial charge in [0.1, 0.15) is 11.2 Å². The highest BCUT2D eigenvalue weighted by molar-refractivity contribution is 6.30. The Bertz CT molecular complexity index is 1700. The largest absolute Gasteiger partial charge is 0.325 e. The monoisotopic (exact) mass is 545 g/mol. The molecule has 0 aliphatic carbocycles. The number of hydrogen-bond acceptors (Lipinski definition) is 4. The molecule has 1 fully saturated rings. The molecule has 0 saturated carbocycles. The zero-order chi connectivity index (χ0) is 28.2. The number of Topliss-reactive ketones (excluding diaryl/α,β-unsaturated/α-hetero) is 1. The molecule has 4 aromatic rings. The van der Waals surface area contributed by atoms with Crippen molar-refractivity contribution in [1.82, 2.24) is 24.1 Å². The molecule has 5 rings (SSSR count). The molecule has 0 radical (unpaired) electrons. The number of nitrogens with one attached hydrogen (secondary N) is 1. The maximum atomic E-state index is 13.6. The predicted molar refractivity (Wildman–Crippen MR) is 148 cm³/mol. The number of carbonyl (C=O) groups excluding carboxylic acids is 3. The Hall–Kier alpha value is -4.37. The number of imide groups is 1. The fraction of sp³-hybridized carbons (Fsp3) is 0.241. The molecule has 1 atom stereocenters. The minimum absolute atomic E-state index is 0.227. The van der Waals surface area contributed by atoms with Crippen molar-refractivity contribution in [1.29, 1.82) is 0 Å². The van der Waals surface area contributed by atoms with E-state index in [1.165, 1.54) is 0 Å².